The van der Waals surface area contributed by atoms with Crippen LogP contribution in [0.25, 0.3) is 6.08 Å². The van der Waals surface area contributed by atoms with Crippen molar-refractivity contribution in [3.8, 4) is 17.2 Å². The molecule has 1 N–H and O–H groups in total. The van der Waals surface area contributed by atoms with Crippen LogP contribution in [0.5, 0.6) is 17.2 Å². The number of esters is 1. The normalized spacial score (nSPS) is 30.0. The van der Waals surface area contributed by atoms with Gasteiger partial charge in [0.25, 0.3) is 0 Å². The Morgan fingerprint density at radius 1 is 1.25 bits per heavy atom. The van der Waals surface area contributed by atoms with E-state index in [1.54, 1.807) is 6.08 Å². The first kappa shape index (κ1) is 23.1. The molecule has 2 fully saturated rings. The number of aromatic hydroxyl groups is 1. The second-order valence-corrected chi connectivity index (χ2v) is 10.7. The predicted molar refractivity (Wildman–Crippen MR) is 135 cm³/mol. The van der Waals surface area contributed by atoms with E-state index >= 15 is 0 Å². The van der Waals surface area contributed by atoms with Gasteiger partial charge in [0.15, 0.2) is 11.5 Å². The molecule has 2 aromatic carbocycles. The molecule has 1 saturated heterocycles. The van der Waals surface area contributed by atoms with Crippen LogP contribution in [0.2, 0.25) is 0 Å². The molecule has 7 nitrogen and oxygen atoms in total. The highest BCUT2D eigenvalue weighted by Crippen LogP contribution is 2.65. The SMILES string of the molecule is CC(=O)Oc1cc(O)c2c3c1C[C@@H]1[C@@H]4CC[C@@H](N(C)C(=O)C=Cc5ccccc5)[C@H](O2)[C@]34CCN1C. The van der Waals surface area contributed by atoms with Crippen molar-refractivity contribution in [2.24, 2.45) is 5.92 Å². The van der Waals surface area contributed by atoms with Crippen LogP contribution >= 0.6 is 0 Å². The topological polar surface area (TPSA) is 79.3 Å². The molecule has 2 aromatic rings. The summed E-state index contributed by atoms with van der Waals surface area (Å²) in [7, 11) is 4.02. The van der Waals surface area contributed by atoms with Crippen LogP contribution in [0.15, 0.2) is 42.5 Å². The van der Waals surface area contributed by atoms with Crippen molar-refractivity contribution in [1.82, 2.24) is 9.80 Å². The number of piperidine rings is 1. The molecule has 4 aliphatic rings. The van der Waals surface area contributed by atoms with E-state index in [2.05, 4.69) is 11.9 Å². The first-order valence-corrected chi connectivity index (χ1v) is 12.8. The zero-order chi connectivity index (χ0) is 25.2. The molecule has 0 radical (unpaired) electrons. The van der Waals surface area contributed by atoms with E-state index in [0.717, 1.165) is 48.9 Å². The maximum Gasteiger partial charge on any atom is 0.308 e. The third-order valence-electron chi connectivity index (χ3n) is 8.97. The number of hydrogen-bond acceptors (Lipinski definition) is 6. The molecule has 2 aliphatic carbocycles. The molecule has 5 atom stereocenters. The molecule has 2 bridgehead atoms. The predicted octanol–water partition coefficient (Wildman–Crippen LogP) is 3.53. The summed E-state index contributed by atoms with van der Waals surface area (Å²) < 4.78 is 12.2. The number of phenols is 1. The van der Waals surface area contributed by atoms with Gasteiger partial charge in [-0.1, -0.05) is 30.3 Å². The van der Waals surface area contributed by atoms with Crippen LogP contribution in [-0.2, 0) is 21.4 Å². The first-order chi connectivity index (χ1) is 17.3. The Morgan fingerprint density at radius 2 is 2.03 bits per heavy atom. The highest BCUT2D eigenvalue weighted by molar-refractivity contribution is 5.92. The van der Waals surface area contributed by atoms with Crippen molar-refractivity contribution in [2.75, 3.05) is 20.6 Å². The number of phenolic OH excluding ortho intramolecular Hbond substituents is 1. The van der Waals surface area contributed by atoms with Crippen molar-refractivity contribution < 1.29 is 24.2 Å². The molecule has 7 heteroatoms. The molecule has 1 spiro atoms. The summed E-state index contributed by atoms with van der Waals surface area (Å²) >= 11 is 0. The van der Waals surface area contributed by atoms with Gasteiger partial charge in [-0.05, 0) is 56.8 Å². The zero-order valence-electron chi connectivity index (χ0n) is 20.9. The van der Waals surface area contributed by atoms with E-state index < -0.39 is 5.97 Å². The molecular weight excluding hydrogens is 456 g/mol. The fourth-order valence-electron chi connectivity index (χ4n) is 7.42. The Morgan fingerprint density at radius 3 is 2.78 bits per heavy atom. The highest BCUT2D eigenvalue weighted by atomic mass is 16.5. The molecule has 188 valence electrons. The van der Waals surface area contributed by atoms with Crippen LogP contribution in [0.1, 0.15) is 42.9 Å². The number of amides is 1. The van der Waals surface area contributed by atoms with Crippen molar-refractivity contribution in [2.45, 2.75) is 56.2 Å². The summed E-state index contributed by atoms with van der Waals surface area (Å²) in [5.41, 5.74) is 2.62. The Labute approximate surface area is 211 Å². The van der Waals surface area contributed by atoms with Gasteiger partial charge in [-0.2, -0.15) is 0 Å². The second kappa shape index (κ2) is 8.37. The Bertz CT molecular complexity index is 1260. The minimum Gasteiger partial charge on any atom is -0.504 e. The third kappa shape index (κ3) is 3.29. The van der Waals surface area contributed by atoms with E-state index in [1.807, 2.05) is 48.4 Å². The molecule has 0 unspecified atom stereocenters. The van der Waals surface area contributed by atoms with Gasteiger partial charge < -0.3 is 24.4 Å². The fraction of sp³-hybridized carbons (Fsp3) is 0.448. The van der Waals surface area contributed by atoms with Crippen LogP contribution in [0.3, 0.4) is 0 Å². The molecule has 6 rings (SSSR count). The largest absolute Gasteiger partial charge is 0.504 e. The highest BCUT2D eigenvalue weighted by Gasteiger charge is 2.66. The van der Waals surface area contributed by atoms with E-state index in [-0.39, 0.29) is 29.2 Å². The molecule has 1 saturated carbocycles. The smallest absolute Gasteiger partial charge is 0.308 e. The van der Waals surface area contributed by atoms with Crippen LogP contribution in [-0.4, -0.2) is 65.6 Å². The standard InChI is InChI=1S/C29H32N2O5/c1-17(32)35-24-16-23(33)27-26-19(24)15-22-20-10-11-21(28(36-27)29(20,26)13-14-30(22)2)31(3)25(34)12-9-18-7-5-4-6-8-18/h4-9,12,16,20-22,28,33H,10-11,13-15H2,1-3H3/t20-,21+,22+,28-,29-/m0/s1. The van der Waals surface area contributed by atoms with E-state index in [1.165, 1.54) is 13.0 Å². The summed E-state index contributed by atoms with van der Waals surface area (Å²) in [4.78, 5) is 29.4. The van der Waals surface area contributed by atoms with Crippen molar-refractivity contribution in [3.63, 3.8) is 0 Å². The second-order valence-electron chi connectivity index (χ2n) is 10.7. The van der Waals surface area contributed by atoms with Crippen molar-refractivity contribution in [3.05, 3.63) is 59.2 Å². The van der Waals surface area contributed by atoms with E-state index in [9.17, 15) is 14.7 Å². The van der Waals surface area contributed by atoms with Gasteiger partial charge in [-0.15, -0.1) is 0 Å². The zero-order valence-corrected chi connectivity index (χ0v) is 20.9. The summed E-state index contributed by atoms with van der Waals surface area (Å²) in [6.07, 6.45) is 6.63. The monoisotopic (exact) mass is 488 g/mol. The van der Waals surface area contributed by atoms with Crippen molar-refractivity contribution >= 4 is 18.0 Å². The molecule has 2 aliphatic heterocycles. The number of hydrogen-bond donors (Lipinski definition) is 1. The molecule has 2 heterocycles. The number of carbonyl (C=O) groups is 2. The van der Waals surface area contributed by atoms with Gasteiger partial charge in [-0.3, -0.25) is 9.59 Å². The Kier molecular flexibility index (Phi) is 5.37. The summed E-state index contributed by atoms with van der Waals surface area (Å²) in [5, 5.41) is 11.0. The van der Waals surface area contributed by atoms with Crippen LogP contribution in [0.4, 0.5) is 0 Å². The number of ether oxygens (including phenoxy) is 2. The summed E-state index contributed by atoms with van der Waals surface area (Å²) in [6, 6.07) is 11.5. The molecule has 0 aromatic heterocycles. The van der Waals surface area contributed by atoms with Gasteiger partial charge >= 0.3 is 5.97 Å². The number of likely N-dealkylation sites (N-methyl/N-ethyl adjacent to an activating group) is 2. The molecule has 36 heavy (non-hydrogen) atoms. The first-order valence-electron chi connectivity index (χ1n) is 12.8. The quantitative estimate of drug-likeness (QED) is 0.403. The number of nitrogens with zero attached hydrogens (tertiary/aromatic N) is 2. The number of rotatable bonds is 4. The third-order valence-corrected chi connectivity index (χ3v) is 8.97. The lowest BCUT2D eigenvalue weighted by Gasteiger charge is -2.59. The van der Waals surface area contributed by atoms with Crippen molar-refractivity contribution in [1.29, 1.82) is 0 Å². The van der Waals surface area contributed by atoms with Gasteiger partial charge in [-0.25, -0.2) is 0 Å². The summed E-state index contributed by atoms with van der Waals surface area (Å²) in [6.45, 7) is 2.30. The average Bonchev–Trinajstić information content (AvgIpc) is 3.21. The maximum absolute atomic E-state index is 13.3. The lowest BCUT2D eigenvalue weighted by molar-refractivity contribution is -0.135. The van der Waals surface area contributed by atoms with Crippen LogP contribution in [0, 0.1) is 5.92 Å². The average molecular weight is 489 g/mol. The lowest BCUT2D eigenvalue weighted by atomic mass is 9.51. The van der Waals surface area contributed by atoms with Gasteiger partial charge in [0, 0.05) is 48.7 Å². The van der Waals surface area contributed by atoms with Gasteiger partial charge in [0.05, 0.1) is 6.04 Å². The number of likely N-dealkylation sites (tertiary alicyclic amines) is 1. The van der Waals surface area contributed by atoms with E-state index in [4.69, 9.17) is 9.47 Å². The maximum atomic E-state index is 13.3. The number of carbonyl (C=O) groups excluding carboxylic acids is 2. The molecular formula is C29H32N2O5. The number of benzene rings is 2. The fourth-order valence-corrected chi connectivity index (χ4v) is 7.42. The Balaban J connectivity index is 1.40. The Hall–Kier alpha value is -3.32. The van der Waals surface area contributed by atoms with Gasteiger partial charge in [0.2, 0.25) is 5.91 Å². The summed E-state index contributed by atoms with van der Waals surface area (Å²) in [5.74, 6) is 0.813. The van der Waals surface area contributed by atoms with Crippen LogP contribution < -0.4 is 9.47 Å². The minimum absolute atomic E-state index is 0.00149. The van der Waals surface area contributed by atoms with E-state index in [0.29, 0.717) is 23.5 Å². The van der Waals surface area contributed by atoms with Gasteiger partial charge in [0.1, 0.15) is 11.9 Å². The minimum atomic E-state index is -0.406. The lowest BCUT2D eigenvalue weighted by Crippen LogP contribution is -2.68. The molecule has 1 amide bonds.